The Bertz CT molecular complexity index is 33.3. The van der Waals surface area contributed by atoms with E-state index in [0.717, 1.165) is 0 Å². The van der Waals surface area contributed by atoms with Gasteiger partial charge in [-0.05, 0) is 0 Å². The van der Waals surface area contributed by atoms with Crippen molar-refractivity contribution in [2.24, 2.45) is 0 Å². The van der Waals surface area contributed by atoms with Crippen molar-refractivity contribution in [1.82, 2.24) is 0 Å². The summed E-state index contributed by atoms with van der Waals surface area (Å²) < 4.78 is 0. The van der Waals surface area contributed by atoms with Crippen LogP contribution in [0.2, 0.25) is 0 Å². The Balaban J connectivity index is -0.000000126. The summed E-state index contributed by atoms with van der Waals surface area (Å²) in [6.07, 6.45) is 9.61. The van der Waals surface area contributed by atoms with E-state index >= 15 is 0 Å². The lowest BCUT2D eigenvalue weighted by atomic mass is 10.2. The minimum atomic E-state index is 0. The van der Waals surface area contributed by atoms with Gasteiger partial charge in [-0.15, -0.1) is 0 Å². The number of rotatable bonds is 5. The van der Waals surface area contributed by atoms with Crippen LogP contribution in [0.3, 0.4) is 0 Å². The van der Waals surface area contributed by atoms with Crippen molar-refractivity contribution in [3.63, 3.8) is 0 Å². The van der Waals surface area contributed by atoms with Gasteiger partial charge in [0.2, 0.25) is 0 Å². The molecule has 0 aromatic carbocycles. The molecule has 0 aliphatic heterocycles. The molecular weight excluding hydrogens is 144 g/mol. The third-order valence-electron chi connectivity index (χ3n) is 1.66. The molecule has 0 aliphatic carbocycles. The fraction of sp³-hybridized carbons (Fsp3) is 0.917. The summed E-state index contributed by atoms with van der Waals surface area (Å²) in [6.45, 7) is 8.89. The highest BCUT2D eigenvalue weighted by molar-refractivity contribution is 4.31. The molecule has 0 rings (SSSR count). The van der Waals surface area contributed by atoms with Crippen LogP contribution in [0.1, 0.15) is 72.6 Å². The molecule has 0 aromatic heterocycles. The van der Waals surface area contributed by atoms with Gasteiger partial charge in [0, 0.05) is 7.43 Å². The molecule has 0 bridgehead atoms. The smallest absolute Gasteiger partial charge is 0 e. The maximum Gasteiger partial charge on any atom is 0 e. The van der Waals surface area contributed by atoms with E-state index in [1.807, 2.05) is 0 Å². The van der Waals surface area contributed by atoms with E-state index in [1.165, 1.54) is 44.9 Å². The highest BCUT2D eigenvalue weighted by atomic mass is 13.8. The summed E-state index contributed by atoms with van der Waals surface area (Å²) in [5.74, 6) is 0. The average Bonchev–Trinajstić information content (AvgIpc) is 2.04. The van der Waals surface area contributed by atoms with Gasteiger partial charge in [0.15, 0.2) is 0 Å². The number of hydrogen-bond acceptors (Lipinski definition) is 0. The van der Waals surface area contributed by atoms with Crippen molar-refractivity contribution in [1.29, 1.82) is 0 Å². The average molecular weight is 170 g/mol. The van der Waals surface area contributed by atoms with E-state index in [9.17, 15) is 0 Å². The lowest BCUT2D eigenvalue weighted by Crippen LogP contribution is -1.66. The van der Waals surface area contributed by atoms with Crippen LogP contribution in [0.25, 0.3) is 0 Å². The van der Waals surface area contributed by atoms with Crippen molar-refractivity contribution in [3.8, 4) is 0 Å². The quantitative estimate of drug-likeness (QED) is 0.517. The van der Waals surface area contributed by atoms with Gasteiger partial charge in [0.25, 0.3) is 0 Å². The molecule has 0 fully saturated rings. The Labute approximate surface area is 80.8 Å². The van der Waals surface area contributed by atoms with Crippen molar-refractivity contribution in [2.75, 3.05) is 0 Å². The molecular formula is C12H26. The minimum Gasteiger partial charge on any atom is -0.0654 e. The summed E-state index contributed by atoms with van der Waals surface area (Å²) >= 11 is 0. The molecule has 0 aromatic rings. The van der Waals surface area contributed by atoms with E-state index in [-0.39, 0.29) is 7.43 Å². The van der Waals surface area contributed by atoms with Crippen molar-refractivity contribution < 1.29 is 0 Å². The van der Waals surface area contributed by atoms with E-state index < -0.39 is 0 Å². The van der Waals surface area contributed by atoms with E-state index in [1.54, 1.807) is 0 Å². The summed E-state index contributed by atoms with van der Waals surface area (Å²) in [5, 5.41) is 0. The minimum absolute atomic E-state index is 0. The van der Waals surface area contributed by atoms with Gasteiger partial charge in [-0.25, -0.2) is 0 Å². The molecule has 0 saturated heterocycles. The maximum absolute atomic E-state index is 2.23. The lowest BCUT2D eigenvalue weighted by molar-refractivity contribution is 0.702. The zero-order chi connectivity index (χ0) is 8.95. The molecule has 12 heavy (non-hydrogen) atoms. The standard InChI is InChI=1S/C6H14.C5H12.C/c1-3-5-6-4-2;1-3-5-4-2;/h3-6H2,1-2H3;3-5H2,1-2H3;. The number of unbranched alkanes of at least 4 members (excludes halogenated alkanes) is 5. The summed E-state index contributed by atoms with van der Waals surface area (Å²) in [7, 11) is 0. The zero-order valence-corrected chi connectivity index (χ0v) is 9.45. The Morgan fingerprint density at radius 1 is 0.500 bits per heavy atom. The molecule has 0 N–H and O–H groups in total. The van der Waals surface area contributed by atoms with Crippen LogP contribution >= 0.6 is 0 Å². The molecule has 0 amide bonds. The summed E-state index contributed by atoms with van der Waals surface area (Å²) in [6, 6.07) is 0. The van der Waals surface area contributed by atoms with Crippen LogP contribution < -0.4 is 0 Å². The first-order valence-corrected chi connectivity index (χ1v) is 5.33. The third kappa shape index (κ3) is 32.4. The molecule has 0 heterocycles. The second kappa shape index (κ2) is 22.4. The third-order valence-corrected chi connectivity index (χ3v) is 1.66. The SMILES string of the molecule is CCCCC.CCCCCC.[C]. The fourth-order valence-corrected chi connectivity index (χ4v) is 0.854. The van der Waals surface area contributed by atoms with Crippen molar-refractivity contribution in [2.45, 2.75) is 72.6 Å². The van der Waals surface area contributed by atoms with E-state index in [4.69, 9.17) is 0 Å². The van der Waals surface area contributed by atoms with Gasteiger partial charge >= 0.3 is 0 Å². The second-order valence-electron chi connectivity index (χ2n) is 3.06. The Kier molecular flexibility index (Phi) is 33.5. The van der Waals surface area contributed by atoms with E-state index in [2.05, 4.69) is 27.7 Å². The molecule has 74 valence electrons. The van der Waals surface area contributed by atoms with Gasteiger partial charge in [-0.1, -0.05) is 72.6 Å². The first kappa shape index (κ1) is 17.9. The topological polar surface area (TPSA) is 0 Å². The highest BCUT2D eigenvalue weighted by Gasteiger charge is 1.75. The largest absolute Gasteiger partial charge is 0.0654 e. The number of hydrogen-bond donors (Lipinski definition) is 0. The normalized spacial score (nSPS) is 8.00. The molecule has 0 unspecified atom stereocenters. The van der Waals surface area contributed by atoms with Crippen LogP contribution in [0, 0.1) is 7.43 Å². The molecule has 0 saturated carbocycles. The predicted octanol–water partition coefficient (Wildman–Crippen LogP) is 4.86. The lowest BCUT2D eigenvalue weighted by Gasteiger charge is -1.86. The monoisotopic (exact) mass is 170 g/mol. The van der Waals surface area contributed by atoms with Crippen LogP contribution in [-0.4, -0.2) is 0 Å². The first-order chi connectivity index (χ1) is 5.33. The second-order valence-corrected chi connectivity index (χ2v) is 3.06. The van der Waals surface area contributed by atoms with Gasteiger partial charge < -0.3 is 0 Å². The highest BCUT2D eigenvalue weighted by Crippen LogP contribution is 1.95. The van der Waals surface area contributed by atoms with Crippen LogP contribution in [-0.2, 0) is 0 Å². The van der Waals surface area contributed by atoms with Crippen molar-refractivity contribution >= 4 is 0 Å². The van der Waals surface area contributed by atoms with Crippen LogP contribution in [0.15, 0.2) is 0 Å². The summed E-state index contributed by atoms with van der Waals surface area (Å²) in [4.78, 5) is 0. The molecule has 0 nitrogen and oxygen atoms in total. The van der Waals surface area contributed by atoms with Crippen LogP contribution in [0.5, 0.6) is 0 Å². The molecule has 4 radical (unpaired) electrons. The summed E-state index contributed by atoms with van der Waals surface area (Å²) in [5.41, 5.74) is 0. The van der Waals surface area contributed by atoms with Gasteiger partial charge in [-0.2, -0.15) is 0 Å². The molecule has 0 aliphatic rings. The first-order valence-electron chi connectivity index (χ1n) is 5.33. The van der Waals surface area contributed by atoms with Gasteiger partial charge in [0.05, 0.1) is 0 Å². The van der Waals surface area contributed by atoms with Gasteiger partial charge in [-0.3, -0.25) is 0 Å². The van der Waals surface area contributed by atoms with Gasteiger partial charge in [0.1, 0.15) is 0 Å². The molecule has 0 spiro atoms. The fourth-order valence-electron chi connectivity index (χ4n) is 0.854. The Morgan fingerprint density at radius 3 is 0.833 bits per heavy atom. The van der Waals surface area contributed by atoms with Crippen LogP contribution in [0.4, 0.5) is 0 Å². The Morgan fingerprint density at radius 2 is 0.750 bits per heavy atom. The molecule has 0 atom stereocenters. The molecule has 0 heteroatoms. The van der Waals surface area contributed by atoms with Crippen molar-refractivity contribution in [3.05, 3.63) is 7.43 Å². The predicted molar refractivity (Wildman–Crippen MR) is 58.3 cm³/mol. The van der Waals surface area contributed by atoms with E-state index in [0.29, 0.717) is 0 Å². The zero-order valence-electron chi connectivity index (χ0n) is 9.45. The Hall–Kier alpha value is 0. The maximum atomic E-state index is 2.23.